The summed E-state index contributed by atoms with van der Waals surface area (Å²) in [6.45, 7) is 4.28. The summed E-state index contributed by atoms with van der Waals surface area (Å²) in [4.78, 5) is 0. The summed E-state index contributed by atoms with van der Waals surface area (Å²) in [5.74, 6) is 0.405. The Labute approximate surface area is 114 Å². The minimum atomic E-state index is -2.32. The van der Waals surface area contributed by atoms with Crippen molar-refractivity contribution in [2.75, 3.05) is 6.16 Å². The Morgan fingerprint density at radius 2 is 1.94 bits per heavy atom. The van der Waals surface area contributed by atoms with Crippen molar-refractivity contribution in [3.63, 3.8) is 0 Å². The van der Waals surface area contributed by atoms with Gasteiger partial charge in [-0.05, 0) is 12.8 Å². The number of hydrogen-bond donors (Lipinski definition) is 0. The molecule has 1 aliphatic rings. The summed E-state index contributed by atoms with van der Waals surface area (Å²) in [5, 5.41) is 0.993. The largest absolute Gasteiger partial charge is 0.317 e. The van der Waals surface area contributed by atoms with Crippen LogP contribution in [0.15, 0.2) is 30.3 Å². The van der Waals surface area contributed by atoms with E-state index >= 15 is 0 Å². The number of rotatable bonds is 1. The monoisotopic (exact) mass is 364 g/mol. The van der Waals surface area contributed by atoms with Crippen LogP contribution in [-0.2, 0) is 4.57 Å². The van der Waals surface area contributed by atoms with Crippen molar-refractivity contribution in [2.45, 2.75) is 22.7 Å². The lowest BCUT2D eigenvalue weighted by atomic mass is 10.0. The summed E-state index contributed by atoms with van der Waals surface area (Å²) in [7, 11) is -2.32. The number of benzene rings is 1. The van der Waals surface area contributed by atoms with Gasteiger partial charge in [0.2, 0.25) is 0 Å². The lowest BCUT2D eigenvalue weighted by molar-refractivity contribution is 0.543. The van der Waals surface area contributed by atoms with Gasteiger partial charge in [-0.25, -0.2) is 0 Å². The highest BCUT2D eigenvalue weighted by Gasteiger charge is 2.54. The first-order chi connectivity index (χ1) is 7.39. The Morgan fingerprint density at radius 3 is 2.38 bits per heavy atom. The highest BCUT2D eigenvalue weighted by molar-refractivity contribution is 9.13. The normalized spacial score (nSPS) is 43.5. The molecule has 0 N–H and O–H groups in total. The van der Waals surface area contributed by atoms with Crippen molar-refractivity contribution in [3.05, 3.63) is 30.3 Å². The number of halogens is 2. The molecule has 1 heterocycles. The second-order valence-electron chi connectivity index (χ2n) is 4.70. The Morgan fingerprint density at radius 1 is 1.38 bits per heavy atom. The molecule has 1 saturated heterocycles. The van der Waals surface area contributed by atoms with E-state index in [2.05, 4.69) is 45.7 Å². The highest BCUT2D eigenvalue weighted by Crippen LogP contribution is 2.67. The molecular formula is C12H15Br2OP. The van der Waals surface area contributed by atoms with E-state index in [1.165, 1.54) is 0 Å². The van der Waals surface area contributed by atoms with Crippen LogP contribution in [0.25, 0.3) is 0 Å². The molecule has 1 fully saturated rings. The average molecular weight is 366 g/mol. The van der Waals surface area contributed by atoms with Crippen molar-refractivity contribution >= 4 is 44.3 Å². The maximum absolute atomic E-state index is 13.1. The molecule has 0 amide bonds. The molecule has 0 aromatic heterocycles. The quantitative estimate of drug-likeness (QED) is 0.538. The predicted octanol–water partition coefficient (Wildman–Crippen LogP) is 4.20. The molecule has 1 nitrogen and oxygen atoms in total. The van der Waals surface area contributed by atoms with E-state index in [0.29, 0.717) is 5.92 Å². The van der Waals surface area contributed by atoms with Crippen molar-refractivity contribution in [1.29, 1.82) is 0 Å². The first-order valence-electron chi connectivity index (χ1n) is 5.36. The Balaban J connectivity index is 2.47. The molecule has 2 rings (SSSR count). The van der Waals surface area contributed by atoms with Gasteiger partial charge in [-0.2, -0.15) is 0 Å². The predicted molar refractivity (Wildman–Crippen MR) is 77.8 cm³/mol. The molecule has 4 heteroatoms. The summed E-state index contributed by atoms with van der Waals surface area (Å²) in [5.41, 5.74) is 0. The van der Waals surface area contributed by atoms with Gasteiger partial charge in [-0.15, -0.1) is 0 Å². The van der Waals surface area contributed by atoms with Gasteiger partial charge >= 0.3 is 0 Å². The molecule has 16 heavy (non-hydrogen) atoms. The van der Waals surface area contributed by atoms with Crippen LogP contribution in [0.3, 0.4) is 0 Å². The van der Waals surface area contributed by atoms with Gasteiger partial charge in [-0.1, -0.05) is 69.1 Å². The van der Waals surface area contributed by atoms with Crippen molar-refractivity contribution < 1.29 is 4.57 Å². The molecule has 0 bridgehead atoms. The van der Waals surface area contributed by atoms with Crippen molar-refractivity contribution in [3.8, 4) is 0 Å². The third-order valence-corrected chi connectivity index (χ3v) is 12.2. The molecule has 1 aromatic carbocycles. The fourth-order valence-corrected chi connectivity index (χ4v) is 8.90. The average Bonchev–Trinajstić information content (AvgIpc) is 2.42. The van der Waals surface area contributed by atoms with E-state index in [-0.39, 0.29) is 8.89 Å². The Bertz CT molecular complexity index is 430. The zero-order chi connectivity index (χ0) is 12.0. The fourth-order valence-electron chi connectivity index (χ4n) is 2.24. The number of alkyl halides is 2. The van der Waals surface area contributed by atoms with Gasteiger partial charge in [0.15, 0.2) is 0 Å². The smallest absolute Gasteiger partial charge is 0.130 e. The lowest BCUT2D eigenvalue weighted by Crippen LogP contribution is -2.28. The van der Waals surface area contributed by atoms with Gasteiger partial charge in [-0.3, -0.25) is 0 Å². The van der Waals surface area contributed by atoms with E-state index in [4.69, 9.17) is 0 Å². The fraction of sp³-hybridized carbons (Fsp3) is 0.500. The third kappa shape index (κ3) is 1.85. The maximum atomic E-state index is 13.1. The van der Waals surface area contributed by atoms with Crippen LogP contribution >= 0.6 is 39.0 Å². The Hall–Kier alpha value is 0.410. The third-order valence-electron chi connectivity index (χ3n) is 3.53. The second kappa shape index (κ2) is 4.26. The molecular weight excluding hydrogens is 351 g/mol. The van der Waals surface area contributed by atoms with E-state index in [1.54, 1.807) is 0 Å². The van der Waals surface area contributed by atoms with Gasteiger partial charge in [0.1, 0.15) is 7.14 Å². The molecule has 0 saturated carbocycles. The summed E-state index contributed by atoms with van der Waals surface area (Å²) < 4.78 is 13.0. The minimum Gasteiger partial charge on any atom is -0.317 e. The minimum absolute atomic E-state index is 0.0184. The van der Waals surface area contributed by atoms with Gasteiger partial charge in [0.25, 0.3) is 0 Å². The van der Waals surface area contributed by atoms with Gasteiger partial charge in [0, 0.05) is 15.8 Å². The van der Waals surface area contributed by atoms with Crippen LogP contribution in [0.4, 0.5) is 0 Å². The molecule has 1 aromatic rings. The summed E-state index contributed by atoms with van der Waals surface area (Å²) >= 11 is 7.38. The van der Waals surface area contributed by atoms with Crippen LogP contribution in [0.2, 0.25) is 0 Å². The molecule has 4 unspecified atom stereocenters. The van der Waals surface area contributed by atoms with E-state index in [1.807, 2.05) is 30.3 Å². The van der Waals surface area contributed by atoms with Gasteiger partial charge in [0.05, 0.1) is 4.57 Å². The molecule has 0 aliphatic carbocycles. The molecule has 0 radical (unpaired) electrons. The van der Waals surface area contributed by atoms with Crippen molar-refractivity contribution in [1.82, 2.24) is 0 Å². The van der Waals surface area contributed by atoms with Crippen LogP contribution in [0, 0.1) is 5.92 Å². The first kappa shape index (κ1) is 12.9. The van der Waals surface area contributed by atoms with Crippen LogP contribution < -0.4 is 5.30 Å². The Kier molecular flexibility index (Phi) is 3.42. The molecule has 1 aliphatic heterocycles. The second-order valence-corrected chi connectivity index (χ2v) is 11.0. The van der Waals surface area contributed by atoms with Crippen molar-refractivity contribution in [2.24, 2.45) is 5.92 Å². The highest BCUT2D eigenvalue weighted by atomic mass is 79.9. The summed E-state index contributed by atoms with van der Waals surface area (Å²) in [6, 6.07) is 9.85. The van der Waals surface area contributed by atoms with E-state index in [9.17, 15) is 4.57 Å². The number of hydrogen-bond acceptors (Lipinski definition) is 1. The summed E-state index contributed by atoms with van der Waals surface area (Å²) in [6.07, 6.45) is 0.772. The van der Waals surface area contributed by atoms with Crippen LogP contribution in [0.1, 0.15) is 13.8 Å². The first-order valence-corrected chi connectivity index (χ1v) is 9.03. The van der Waals surface area contributed by atoms with E-state index < -0.39 is 7.14 Å². The zero-order valence-electron chi connectivity index (χ0n) is 9.36. The molecule has 88 valence electrons. The van der Waals surface area contributed by atoms with Crippen LogP contribution in [0.5, 0.6) is 0 Å². The lowest BCUT2D eigenvalue weighted by Gasteiger charge is -2.26. The topological polar surface area (TPSA) is 17.1 Å². The SMILES string of the molecule is CC1CP(=O)(c2ccccc2)C(Br)C1(C)Br. The van der Waals surface area contributed by atoms with E-state index in [0.717, 1.165) is 11.5 Å². The standard InChI is InChI=1S/C12H15Br2OP/c1-9-8-16(15,11(13)12(9,2)14)10-6-4-3-5-7-10/h3-7,9,11H,8H2,1-2H3. The molecule has 0 spiro atoms. The van der Waals surface area contributed by atoms with Gasteiger partial charge < -0.3 is 4.57 Å². The van der Waals surface area contributed by atoms with Crippen LogP contribution in [-0.4, -0.2) is 15.1 Å². The molecule has 4 atom stereocenters. The zero-order valence-corrected chi connectivity index (χ0v) is 13.4. The maximum Gasteiger partial charge on any atom is 0.130 e.